The molecular formula is C8H9NO3S. The maximum absolute atomic E-state index is 10.9. The molecular weight excluding hydrogens is 190 g/mol. The van der Waals surface area contributed by atoms with Crippen molar-refractivity contribution < 1.29 is 13.2 Å². The van der Waals surface area contributed by atoms with Gasteiger partial charge in [-0.3, -0.25) is 9.78 Å². The number of carbonyl (C=O) groups is 1. The second-order valence-corrected chi connectivity index (χ2v) is 4.92. The molecule has 0 saturated heterocycles. The van der Waals surface area contributed by atoms with Crippen LogP contribution < -0.4 is 0 Å². The van der Waals surface area contributed by atoms with Crippen LogP contribution in [0.2, 0.25) is 0 Å². The van der Waals surface area contributed by atoms with E-state index in [1.165, 1.54) is 12.3 Å². The minimum atomic E-state index is -3.05. The van der Waals surface area contributed by atoms with E-state index >= 15 is 0 Å². The van der Waals surface area contributed by atoms with E-state index in [2.05, 4.69) is 4.98 Å². The number of nitrogens with zero attached hydrogens (tertiary/aromatic N) is 1. The van der Waals surface area contributed by atoms with Gasteiger partial charge in [-0.1, -0.05) is 0 Å². The molecule has 0 amide bonds. The molecule has 0 N–H and O–H groups in total. The maximum atomic E-state index is 10.9. The highest BCUT2D eigenvalue weighted by atomic mass is 32.2. The van der Waals surface area contributed by atoms with E-state index in [1.807, 2.05) is 0 Å². The van der Waals surface area contributed by atoms with E-state index in [4.69, 9.17) is 0 Å². The summed E-state index contributed by atoms with van der Waals surface area (Å²) in [5.41, 5.74) is 0.834. The van der Waals surface area contributed by atoms with Crippen molar-refractivity contribution in [1.29, 1.82) is 0 Å². The standard InChI is InChI=1S/C8H9NO3S/c1-13(11,12)6-7-2-3-9-8(4-7)5-10/h2-5H,6H2,1H3. The summed E-state index contributed by atoms with van der Waals surface area (Å²) < 4.78 is 21.8. The second-order valence-electron chi connectivity index (χ2n) is 2.78. The van der Waals surface area contributed by atoms with Crippen molar-refractivity contribution in [2.24, 2.45) is 0 Å². The van der Waals surface area contributed by atoms with Crippen molar-refractivity contribution in [2.45, 2.75) is 5.75 Å². The van der Waals surface area contributed by atoms with E-state index in [0.717, 1.165) is 6.26 Å². The van der Waals surface area contributed by atoms with Crippen LogP contribution in [0.15, 0.2) is 18.3 Å². The fourth-order valence-corrected chi connectivity index (χ4v) is 1.74. The quantitative estimate of drug-likeness (QED) is 0.662. The van der Waals surface area contributed by atoms with Crippen LogP contribution in [0.1, 0.15) is 16.1 Å². The Morgan fingerprint density at radius 3 is 2.77 bits per heavy atom. The molecule has 0 aliphatic carbocycles. The molecule has 4 nitrogen and oxygen atoms in total. The molecule has 0 unspecified atom stereocenters. The fourth-order valence-electron chi connectivity index (χ4n) is 0.951. The smallest absolute Gasteiger partial charge is 0.168 e. The summed E-state index contributed by atoms with van der Waals surface area (Å²) in [6.45, 7) is 0. The Hall–Kier alpha value is -1.23. The molecule has 1 aromatic rings. The Bertz CT molecular complexity index is 411. The summed E-state index contributed by atoms with van der Waals surface area (Å²) in [6.07, 6.45) is 3.16. The van der Waals surface area contributed by atoms with Gasteiger partial charge in [-0.2, -0.15) is 0 Å². The van der Waals surface area contributed by atoms with Gasteiger partial charge < -0.3 is 0 Å². The average molecular weight is 199 g/mol. The van der Waals surface area contributed by atoms with Gasteiger partial charge in [-0.05, 0) is 17.7 Å². The topological polar surface area (TPSA) is 64.1 Å². The first-order chi connectivity index (χ1) is 6.01. The average Bonchev–Trinajstić information content (AvgIpc) is 2.01. The highest BCUT2D eigenvalue weighted by molar-refractivity contribution is 7.89. The van der Waals surface area contributed by atoms with E-state index < -0.39 is 9.84 Å². The molecule has 1 heterocycles. The lowest BCUT2D eigenvalue weighted by molar-refractivity contribution is 0.111. The normalized spacial score (nSPS) is 11.2. The van der Waals surface area contributed by atoms with E-state index in [-0.39, 0.29) is 11.4 Å². The highest BCUT2D eigenvalue weighted by Crippen LogP contribution is 2.04. The largest absolute Gasteiger partial charge is 0.296 e. The summed E-state index contributed by atoms with van der Waals surface area (Å²) in [5.74, 6) is -0.0592. The first-order valence-electron chi connectivity index (χ1n) is 3.59. The van der Waals surface area contributed by atoms with E-state index in [0.29, 0.717) is 11.8 Å². The number of pyridine rings is 1. The molecule has 0 aromatic carbocycles. The van der Waals surface area contributed by atoms with Gasteiger partial charge in [0.2, 0.25) is 0 Å². The molecule has 0 radical (unpaired) electrons. The van der Waals surface area contributed by atoms with Crippen molar-refractivity contribution >= 4 is 16.1 Å². The lowest BCUT2D eigenvalue weighted by atomic mass is 10.2. The summed E-state index contributed by atoms with van der Waals surface area (Å²) >= 11 is 0. The van der Waals surface area contributed by atoms with Gasteiger partial charge in [0.15, 0.2) is 16.1 Å². The van der Waals surface area contributed by atoms with Crippen molar-refractivity contribution in [3.63, 3.8) is 0 Å². The van der Waals surface area contributed by atoms with Crippen LogP contribution in [0.25, 0.3) is 0 Å². The monoisotopic (exact) mass is 199 g/mol. The SMILES string of the molecule is CS(=O)(=O)Cc1ccnc(C=O)c1. The minimum Gasteiger partial charge on any atom is -0.296 e. The Balaban J connectivity index is 2.96. The third kappa shape index (κ3) is 3.33. The Kier molecular flexibility index (Phi) is 2.77. The van der Waals surface area contributed by atoms with Crippen LogP contribution in [-0.4, -0.2) is 25.9 Å². The predicted molar refractivity (Wildman–Crippen MR) is 48.2 cm³/mol. The number of rotatable bonds is 3. The molecule has 5 heteroatoms. The molecule has 70 valence electrons. The highest BCUT2D eigenvalue weighted by Gasteiger charge is 2.04. The van der Waals surface area contributed by atoms with Crippen LogP contribution in [0.5, 0.6) is 0 Å². The zero-order chi connectivity index (χ0) is 9.90. The lowest BCUT2D eigenvalue weighted by Gasteiger charge is -1.98. The van der Waals surface area contributed by atoms with Crippen LogP contribution in [-0.2, 0) is 15.6 Å². The predicted octanol–water partition coefficient (Wildman–Crippen LogP) is 0.439. The first kappa shape index (κ1) is 9.85. The Morgan fingerprint density at radius 2 is 2.23 bits per heavy atom. The molecule has 0 bridgehead atoms. The summed E-state index contributed by atoms with van der Waals surface area (Å²) in [6, 6.07) is 3.04. The number of aromatic nitrogens is 1. The third-order valence-electron chi connectivity index (χ3n) is 1.40. The number of hydrogen-bond acceptors (Lipinski definition) is 4. The van der Waals surface area contributed by atoms with Crippen LogP contribution in [0, 0.1) is 0 Å². The van der Waals surface area contributed by atoms with Crippen LogP contribution in [0.4, 0.5) is 0 Å². The Morgan fingerprint density at radius 1 is 1.54 bits per heavy atom. The molecule has 0 atom stereocenters. The van der Waals surface area contributed by atoms with Gasteiger partial charge in [-0.25, -0.2) is 8.42 Å². The van der Waals surface area contributed by atoms with Gasteiger partial charge in [0.1, 0.15) is 5.69 Å². The van der Waals surface area contributed by atoms with Gasteiger partial charge in [0.25, 0.3) is 0 Å². The maximum Gasteiger partial charge on any atom is 0.168 e. The zero-order valence-corrected chi connectivity index (χ0v) is 7.91. The van der Waals surface area contributed by atoms with E-state index in [9.17, 15) is 13.2 Å². The second kappa shape index (κ2) is 3.66. The third-order valence-corrected chi connectivity index (χ3v) is 2.25. The number of hydrogen-bond donors (Lipinski definition) is 0. The number of carbonyl (C=O) groups excluding carboxylic acids is 1. The molecule has 0 aliphatic heterocycles. The summed E-state index contributed by atoms with van der Waals surface area (Å²) in [4.78, 5) is 14.0. The molecule has 13 heavy (non-hydrogen) atoms. The molecule has 1 rings (SSSR count). The van der Waals surface area contributed by atoms with Gasteiger partial charge in [0.05, 0.1) is 5.75 Å². The molecule has 0 aliphatic rings. The zero-order valence-electron chi connectivity index (χ0n) is 7.10. The molecule has 0 fully saturated rings. The molecule has 1 aromatic heterocycles. The van der Waals surface area contributed by atoms with E-state index in [1.54, 1.807) is 6.07 Å². The van der Waals surface area contributed by atoms with Gasteiger partial charge in [0, 0.05) is 12.5 Å². The first-order valence-corrected chi connectivity index (χ1v) is 5.65. The molecule has 0 spiro atoms. The van der Waals surface area contributed by atoms with Crippen molar-refractivity contribution in [2.75, 3.05) is 6.26 Å². The molecule has 0 saturated carbocycles. The van der Waals surface area contributed by atoms with Crippen molar-refractivity contribution in [1.82, 2.24) is 4.98 Å². The van der Waals surface area contributed by atoms with Crippen LogP contribution >= 0.6 is 0 Å². The van der Waals surface area contributed by atoms with Crippen LogP contribution in [0.3, 0.4) is 0 Å². The summed E-state index contributed by atoms with van der Waals surface area (Å²) in [5, 5.41) is 0. The minimum absolute atomic E-state index is 0.0592. The number of sulfone groups is 1. The fraction of sp³-hybridized carbons (Fsp3) is 0.250. The van der Waals surface area contributed by atoms with Gasteiger partial charge >= 0.3 is 0 Å². The Labute approximate surface area is 76.5 Å². The number of aldehydes is 1. The van der Waals surface area contributed by atoms with Crippen molar-refractivity contribution in [3.05, 3.63) is 29.6 Å². The lowest BCUT2D eigenvalue weighted by Crippen LogP contribution is -2.01. The van der Waals surface area contributed by atoms with Crippen molar-refractivity contribution in [3.8, 4) is 0 Å². The summed E-state index contributed by atoms with van der Waals surface area (Å²) in [7, 11) is -3.05. The van der Waals surface area contributed by atoms with Gasteiger partial charge in [-0.15, -0.1) is 0 Å².